The SMILES string of the molecule is COC(=O)[C@](c1ccccc1)(c1cn(C)c2c(C)cccc12)[C@H](Nc1ccccc1)c1ccccc1. The van der Waals surface area contributed by atoms with E-state index in [1.54, 1.807) is 0 Å². The number of nitrogens with one attached hydrogen (secondary N) is 1. The van der Waals surface area contributed by atoms with Crippen molar-refractivity contribution in [1.29, 1.82) is 0 Å². The van der Waals surface area contributed by atoms with Gasteiger partial charge in [0.1, 0.15) is 5.41 Å². The highest BCUT2D eigenvalue weighted by atomic mass is 16.5. The fraction of sp³-hybridized carbons (Fsp3) is 0.156. The second-order valence-electron chi connectivity index (χ2n) is 9.14. The van der Waals surface area contributed by atoms with E-state index in [0.717, 1.165) is 38.8 Å². The fourth-order valence-corrected chi connectivity index (χ4v) is 5.46. The van der Waals surface area contributed by atoms with Crippen LogP contribution in [-0.2, 0) is 22.0 Å². The summed E-state index contributed by atoms with van der Waals surface area (Å²) in [7, 11) is 3.51. The van der Waals surface area contributed by atoms with Gasteiger partial charge in [0.15, 0.2) is 0 Å². The van der Waals surface area contributed by atoms with E-state index in [4.69, 9.17) is 4.74 Å². The number of aryl methyl sites for hydroxylation is 2. The monoisotopic (exact) mass is 474 g/mol. The summed E-state index contributed by atoms with van der Waals surface area (Å²) in [5.74, 6) is -0.319. The Balaban J connectivity index is 1.91. The largest absolute Gasteiger partial charge is 0.468 e. The zero-order valence-corrected chi connectivity index (χ0v) is 20.8. The fourth-order valence-electron chi connectivity index (χ4n) is 5.46. The molecule has 0 aliphatic rings. The van der Waals surface area contributed by atoms with Crippen LogP contribution in [0.5, 0.6) is 0 Å². The van der Waals surface area contributed by atoms with E-state index >= 15 is 0 Å². The summed E-state index contributed by atoms with van der Waals surface area (Å²) in [6.45, 7) is 2.10. The van der Waals surface area contributed by atoms with Gasteiger partial charge in [0, 0.05) is 29.9 Å². The Hall–Kier alpha value is -4.31. The van der Waals surface area contributed by atoms with Crippen molar-refractivity contribution in [2.45, 2.75) is 18.4 Å². The summed E-state index contributed by atoms with van der Waals surface area (Å²) in [5.41, 5.74) is 4.75. The van der Waals surface area contributed by atoms with Crippen LogP contribution in [0.3, 0.4) is 0 Å². The summed E-state index contributed by atoms with van der Waals surface area (Å²) in [6.07, 6.45) is 2.09. The Morgan fingerprint density at radius 2 is 1.44 bits per heavy atom. The van der Waals surface area contributed by atoms with E-state index < -0.39 is 11.5 Å². The number of hydrogen-bond donors (Lipinski definition) is 1. The van der Waals surface area contributed by atoms with Crippen molar-refractivity contribution in [3.05, 3.63) is 138 Å². The molecular formula is C32H30N2O2. The van der Waals surface area contributed by atoms with E-state index in [2.05, 4.69) is 53.3 Å². The van der Waals surface area contributed by atoms with Crippen LogP contribution in [-0.4, -0.2) is 17.6 Å². The second kappa shape index (κ2) is 9.74. The second-order valence-corrected chi connectivity index (χ2v) is 9.14. The number of carbonyl (C=O) groups is 1. The molecular weight excluding hydrogens is 444 g/mol. The number of fused-ring (bicyclic) bond motifs is 1. The number of anilines is 1. The zero-order valence-electron chi connectivity index (χ0n) is 20.8. The molecule has 0 radical (unpaired) electrons. The van der Waals surface area contributed by atoms with E-state index in [9.17, 15) is 4.79 Å². The summed E-state index contributed by atoms with van der Waals surface area (Å²) < 4.78 is 7.78. The topological polar surface area (TPSA) is 43.3 Å². The molecule has 4 nitrogen and oxygen atoms in total. The number of para-hydroxylation sites is 2. The molecule has 5 rings (SSSR count). The van der Waals surface area contributed by atoms with E-state index in [1.807, 2.05) is 85.9 Å². The predicted octanol–water partition coefficient (Wildman–Crippen LogP) is 6.80. The Morgan fingerprint density at radius 3 is 2.08 bits per heavy atom. The molecule has 0 saturated heterocycles. The summed E-state index contributed by atoms with van der Waals surface area (Å²) >= 11 is 0. The standard InChI is InChI=1S/C32H30N2O2/c1-23-14-13-21-27-28(22-34(2)29(23)27)32(31(35)36-3,25-17-9-5-10-18-25)30(24-15-7-4-8-16-24)33-26-19-11-6-12-20-26/h4-22,30,33H,1-3H3/t30-,32-/m1/s1. The molecule has 0 spiro atoms. The van der Waals surface area contributed by atoms with Gasteiger partial charge in [-0.3, -0.25) is 4.79 Å². The molecule has 1 aromatic heterocycles. The number of carbonyl (C=O) groups excluding carboxylic acids is 1. The molecule has 0 amide bonds. The third-order valence-electron chi connectivity index (χ3n) is 7.02. The van der Waals surface area contributed by atoms with Crippen molar-refractivity contribution in [1.82, 2.24) is 4.57 Å². The van der Waals surface area contributed by atoms with Crippen LogP contribution in [0, 0.1) is 6.92 Å². The first-order chi connectivity index (χ1) is 17.6. The zero-order chi connectivity index (χ0) is 25.1. The molecule has 0 aliphatic heterocycles. The van der Waals surface area contributed by atoms with Gasteiger partial charge in [0.05, 0.1) is 18.7 Å². The average molecular weight is 475 g/mol. The highest BCUT2D eigenvalue weighted by molar-refractivity contribution is 5.98. The predicted molar refractivity (Wildman–Crippen MR) is 146 cm³/mol. The van der Waals surface area contributed by atoms with Gasteiger partial charge in [0.2, 0.25) is 0 Å². The maximum absolute atomic E-state index is 14.3. The summed E-state index contributed by atoms with van der Waals surface area (Å²) in [4.78, 5) is 14.3. The van der Waals surface area contributed by atoms with E-state index in [1.165, 1.54) is 7.11 Å². The minimum absolute atomic E-state index is 0.319. The summed E-state index contributed by atoms with van der Waals surface area (Å²) in [6, 6.07) is 35.9. The lowest BCUT2D eigenvalue weighted by atomic mass is 9.66. The van der Waals surface area contributed by atoms with Gasteiger partial charge < -0.3 is 14.6 Å². The van der Waals surface area contributed by atoms with Gasteiger partial charge in [-0.1, -0.05) is 97.1 Å². The molecule has 1 heterocycles. The van der Waals surface area contributed by atoms with Crippen molar-refractivity contribution in [3.8, 4) is 0 Å². The van der Waals surface area contributed by atoms with Crippen LogP contribution >= 0.6 is 0 Å². The lowest BCUT2D eigenvalue weighted by molar-refractivity contribution is -0.146. The molecule has 0 saturated carbocycles. The third-order valence-corrected chi connectivity index (χ3v) is 7.02. The number of ether oxygens (including phenoxy) is 1. The van der Waals surface area contributed by atoms with Crippen molar-refractivity contribution in [2.75, 3.05) is 12.4 Å². The molecule has 0 aliphatic carbocycles. The number of hydrogen-bond acceptors (Lipinski definition) is 3. The Morgan fingerprint density at radius 1 is 0.833 bits per heavy atom. The first-order valence-electron chi connectivity index (χ1n) is 12.1. The maximum atomic E-state index is 14.3. The van der Waals surface area contributed by atoms with Gasteiger partial charge in [-0.2, -0.15) is 0 Å². The molecule has 1 N–H and O–H groups in total. The van der Waals surface area contributed by atoms with Gasteiger partial charge >= 0.3 is 5.97 Å². The van der Waals surface area contributed by atoms with Crippen molar-refractivity contribution >= 4 is 22.6 Å². The minimum Gasteiger partial charge on any atom is -0.468 e. The lowest BCUT2D eigenvalue weighted by Gasteiger charge is -2.40. The molecule has 0 unspecified atom stereocenters. The van der Waals surface area contributed by atoms with E-state index in [0.29, 0.717) is 0 Å². The van der Waals surface area contributed by atoms with Gasteiger partial charge in [0.25, 0.3) is 0 Å². The van der Waals surface area contributed by atoms with Gasteiger partial charge in [-0.25, -0.2) is 0 Å². The molecule has 5 aromatic rings. The minimum atomic E-state index is -1.18. The molecule has 4 aromatic carbocycles. The van der Waals surface area contributed by atoms with Crippen LogP contribution in [0.4, 0.5) is 5.69 Å². The molecule has 2 atom stereocenters. The van der Waals surface area contributed by atoms with Crippen molar-refractivity contribution < 1.29 is 9.53 Å². The first kappa shape index (κ1) is 23.4. The molecule has 180 valence electrons. The van der Waals surface area contributed by atoms with Crippen molar-refractivity contribution in [3.63, 3.8) is 0 Å². The number of aromatic nitrogens is 1. The molecule has 0 fully saturated rings. The number of rotatable bonds is 7. The number of esters is 1. The van der Waals surface area contributed by atoms with Crippen LogP contribution in [0.2, 0.25) is 0 Å². The number of nitrogens with zero attached hydrogens (tertiary/aromatic N) is 1. The number of methoxy groups -OCH3 is 1. The van der Waals surface area contributed by atoms with Crippen LogP contribution in [0.15, 0.2) is 115 Å². The molecule has 36 heavy (non-hydrogen) atoms. The highest BCUT2D eigenvalue weighted by Crippen LogP contribution is 2.49. The van der Waals surface area contributed by atoms with Gasteiger partial charge in [-0.15, -0.1) is 0 Å². The average Bonchev–Trinajstić information content (AvgIpc) is 3.27. The molecule has 4 heteroatoms. The molecule has 0 bridgehead atoms. The maximum Gasteiger partial charge on any atom is 0.323 e. The Bertz CT molecular complexity index is 1480. The quantitative estimate of drug-likeness (QED) is 0.264. The van der Waals surface area contributed by atoms with Crippen LogP contribution in [0.25, 0.3) is 10.9 Å². The Labute approximate surface area is 212 Å². The van der Waals surface area contributed by atoms with Crippen LogP contribution < -0.4 is 5.32 Å². The normalized spacial score (nSPS) is 13.6. The highest BCUT2D eigenvalue weighted by Gasteiger charge is 2.52. The summed E-state index contributed by atoms with van der Waals surface area (Å²) in [5, 5.41) is 4.76. The van der Waals surface area contributed by atoms with E-state index in [-0.39, 0.29) is 5.97 Å². The third kappa shape index (κ3) is 3.85. The first-order valence-corrected chi connectivity index (χ1v) is 12.1. The van der Waals surface area contributed by atoms with Crippen molar-refractivity contribution in [2.24, 2.45) is 7.05 Å². The smallest absolute Gasteiger partial charge is 0.323 e. The van der Waals surface area contributed by atoms with Gasteiger partial charge in [-0.05, 0) is 35.7 Å². The number of benzene rings is 4. The van der Waals surface area contributed by atoms with Crippen LogP contribution in [0.1, 0.15) is 28.3 Å². The Kier molecular flexibility index (Phi) is 6.34. The lowest BCUT2D eigenvalue weighted by Crippen LogP contribution is -2.46.